The van der Waals surface area contributed by atoms with Gasteiger partial charge in [0, 0.05) is 11.1 Å². The predicted molar refractivity (Wildman–Crippen MR) is 255 cm³/mol. The number of sulfone groups is 2. The van der Waals surface area contributed by atoms with Crippen LogP contribution in [-0.4, -0.2) is 122 Å². The molecule has 2 aliphatic carbocycles. The lowest BCUT2D eigenvalue weighted by Crippen LogP contribution is -2.34. The Morgan fingerprint density at radius 1 is 0.515 bits per heavy atom. The molecule has 6 aromatic rings. The summed E-state index contributed by atoms with van der Waals surface area (Å²) in [7, 11) is 1.74. The molecule has 20 heteroatoms. The first-order chi connectivity index (χ1) is 32.6. The van der Waals surface area contributed by atoms with Gasteiger partial charge in [-0.1, -0.05) is 36.4 Å². The number of hydrogen-bond acceptors (Lipinski definition) is 16. The summed E-state index contributed by atoms with van der Waals surface area (Å²) in [5, 5.41) is 36.3. The van der Waals surface area contributed by atoms with Crippen LogP contribution in [0.4, 0.5) is 0 Å². The molecular weight excluding hydrogens is 917 g/mol. The molecular formula is C48H58N6O12S2. The van der Waals surface area contributed by atoms with Gasteiger partial charge in [0.05, 0.1) is 65.4 Å². The van der Waals surface area contributed by atoms with E-state index in [2.05, 4.69) is 20.4 Å². The van der Waals surface area contributed by atoms with Crippen molar-refractivity contribution in [2.24, 2.45) is 11.8 Å². The molecule has 0 amide bonds. The Hall–Kier alpha value is -6.22. The molecule has 0 spiro atoms. The zero-order valence-corrected chi connectivity index (χ0v) is 40.9. The smallest absolute Gasteiger partial charge is 0.168 e. The molecule has 4 atom stereocenters. The number of hydrogen-bond donors (Lipinski definition) is 2. The van der Waals surface area contributed by atoms with Gasteiger partial charge < -0.3 is 38.6 Å². The lowest BCUT2D eigenvalue weighted by atomic mass is 10.2. The van der Waals surface area contributed by atoms with Gasteiger partial charge in [0.1, 0.15) is 57.4 Å². The summed E-state index contributed by atoms with van der Waals surface area (Å²) in [4.78, 5) is 0. The highest BCUT2D eigenvalue weighted by molar-refractivity contribution is 7.91. The van der Waals surface area contributed by atoms with Crippen LogP contribution in [0.5, 0.6) is 34.5 Å². The van der Waals surface area contributed by atoms with Gasteiger partial charge in [-0.3, -0.25) is 9.13 Å². The van der Waals surface area contributed by atoms with Gasteiger partial charge in [-0.05, 0) is 99.9 Å². The summed E-state index contributed by atoms with van der Waals surface area (Å²) in [5.41, 5.74) is 2.32. The van der Waals surface area contributed by atoms with Crippen LogP contribution in [-0.2, 0) is 31.2 Å². The van der Waals surface area contributed by atoms with E-state index in [1.165, 1.54) is 28.4 Å². The van der Waals surface area contributed by atoms with E-state index in [0.29, 0.717) is 68.6 Å². The van der Waals surface area contributed by atoms with Crippen LogP contribution in [0.3, 0.4) is 0 Å². The van der Waals surface area contributed by atoms with Gasteiger partial charge in [0.15, 0.2) is 43.0 Å². The fourth-order valence-electron chi connectivity index (χ4n) is 7.98. The molecule has 2 aliphatic rings. The van der Waals surface area contributed by atoms with E-state index in [-0.39, 0.29) is 23.5 Å². The topological polar surface area (TPSA) is 226 Å². The van der Waals surface area contributed by atoms with E-state index in [9.17, 15) is 27.0 Å². The number of para-hydroxylation sites is 2. The van der Waals surface area contributed by atoms with Crippen molar-refractivity contribution in [3.05, 3.63) is 96.6 Å². The number of aromatic nitrogens is 6. The second-order valence-corrected chi connectivity index (χ2v) is 21.4. The third-order valence-electron chi connectivity index (χ3n) is 12.3. The Morgan fingerprint density at radius 2 is 0.838 bits per heavy atom. The molecule has 0 unspecified atom stereocenters. The first-order valence-corrected chi connectivity index (χ1v) is 25.4. The number of aliphatic hydroxyl groups excluding tert-OH is 2. The molecule has 18 nitrogen and oxygen atoms in total. The third-order valence-corrected chi connectivity index (χ3v) is 16.5. The largest absolute Gasteiger partial charge is 0.497 e. The molecule has 0 bridgehead atoms. The predicted octanol–water partition coefficient (Wildman–Crippen LogP) is 6.07. The summed E-state index contributed by atoms with van der Waals surface area (Å²) in [6.45, 7) is 3.09. The minimum absolute atomic E-state index is 0.0318. The molecule has 2 aromatic heterocycles. The molecule has 0 radical (unpaired) electrons. The van der Waals surface area contributed by atoms with Crippen molar-refractivity contribution in [2.75, 3.05) is 42.7 Å². The molecule has 2 heterocycles. The molecule has 364 valence electrons. The van der Waals surface area contributed by atoms with Crippen molar-refractivity contribution in [3.8, 4) is 68.6 Å². The number of aliphatic hydroxyl groups is 2. The average molecular weight is 975 g/mol. The molecule has 2 fully saturated rings. The highest BCUT2D eigenvalue weighted by Gasteiger charge is 2.41. The Morgan fingerprint density at radius 3 is 1.13 bits per heavy atom. The lowest BCUT2D eigenvalue weighted by Gasteiger charge is -2.20. The third kappa shape index (κ3) is 10.6. The molecule has 4 aromatic carbocycles. The molecule has 2 N–H and O–H groups in total. The number of methoxy groups -OCH3 is 6. The second kappa shape index (κ2) is 21.0. The van der Waals surface area contributed by atoms with E-state index in [1.807, 2.05) is 24.3 Å². The maximum Gasteiger partial charge on any atom is 0.168 e. The number of benzene rings is 4. The van der Waals surface area contributed by atoms with Crippen LogP contribution in [0.1, 0.15) is 51.2 Å². The fourth-order valence-corrected chi connectivity index (χ4v) is 10.9. The summed E-state index contributed by atoms with van der Waals surface area (Å²) in [5.74, 6) is 3.54. The Balaban J connectivity index is 0.000000201. The molecule has 68 heavy (non-hydrogen) atoms. The summed E-state index contributed by atoms with van der Waals surface area (Å²) < 4.78 is 89.5. The monoisotopic (exact) mass is 974 g/mol. The van der Waals surface area contributed by atoms with Gasteiger partial charge in [-0.2, -0.15) is 0 Å². The summed E-state index contributed by atoms with van der Waals surface area (Å²) >= 11 is 0. The Kier molecular flexibility index (Phi) is 15.3. The second-order valence-electron chi connectivity index (χ2n) is 16.7. The Bertz CT molecular complexity index is 2690. The van der Waals surface area contributed by atoms with Crippen molar-refractivity contribution in [1.82, 2.24) is 29.5 Å². The number of nitrogens with zero attached hydrogens (tertiary/aromatic N) is 6. The molecule has 0 aliphatic heterocycles. The minimum Gasteiger partial charge on any atom is -0.497 e. The van der Waals surface area contributed by atoms with E-state index in [0.717, 1.165) is 25.7 Å². The van der Waals surface area contributed by atoms with Crippen LogP contribution < -0.4 is 28.4 Å². The van der Waals surface area contributed by atoms with E-state index in [4.69, 9.17) is 28.4 Å². The highest BCUT2D eigenvalue weighted by Crippen LogP contribution is 2.41. The van der Waals surface area contributed by atoms with Crippen molar-refractivity contribution >= 4 is 19.7 Å². The summed E-state index contributed by atoms with van der Waals surface area (Å²) in [6, 6.07) is 25.1. The lowest BCUT2D eigenvalue weighted by molar-refractivity contribution is 0.149. The van der Waals surface area contributed by atoms with Gasteiger partial charge in [0.25, 0.3) is 0 Å². The average Bonchev–Trinajstić information content (AvgIpc) is 4.31. The van der Waals surface area contributed by atoms with Crippen LogP contribution in [0, 0.1) is 11.8 Å². The summed E-state index contributed by atoms with van der Waals surface area (Å²) in [6.07, 6.45) is 1.57. The van der Waals surface area contributed by atoms with Crippen LogP contribution >= 0.6 is 0 Å². The van der Waals surface area contributed by atoms with Crippen LogP contribution in [0.2, 0.25) is 0 Å². The number of ether oxygens (including phenoxy) is 6. The Labute approximate surface area is 396 Å². The van der Waals surface area contributed by atoms with Crippen LogP contribution in [0.15, 0.2) is 84.9 Å². The zero-order valence-electron chi connectivity index (χ0n) is 39.3. The van der Waals surface area contributed by atoms with Gasteiger partial charge >= 0.3 is 0 Å². The standard InChI is InChI=1S/2C24H29N3O6S/c2*1-15(23(28)16-11-12-16)34(29,30)14-21-25-26-24(17-7-5-8-18(13-17)31-2)27(21)22-19(32-3)9-6-10-20(22)33-4/h2*5-10,13,15-16,23,28H,11-12,14H2,1-4H3/t2*15-,23-/m10/s1. The van der Waals surface area contributed by atoms with Crippen molar-refractivity contribution < 1.29 is 55.5 Å². The maximum absolute atomic E-state index is 13.3. The van der Waals surface area contributed by atoms with Gasteiger partial charge in [-0.25, -0.2) is 16.8 Å². The quantitative estimate of drug-likeness (QED) is 0.0886. The minimum atomic E-state index is -3.75. The maximum atomic E-state index is 13.3. The van der Waals surface area contributed by atoms with E-state index in [1.54, 1.807) is 97.9 Å². The van der Waals surface area contributed by atoms with Gasteiger partial charge in [-0.15, -0.1) is 20.4 Å². The van der Waals surface area contributed by atoms with Gasteiger partial charge in [0.2, 0.25) is 0 Å². The van der Waals surface area contributed by atoms with Crippen molar-refractivity contribution in [1.29, 1.82) is 0 Å². The van der Waals surface area contributed by atoms with E-state index < -0.39 is 53.9 Å². The van der Waals surface area contributed by atoms with Crippen LogP contribution in [0.25, 0.3) is 34.2 Å². The van der Waals surface area contributed by atoms with E-state index >= 15 is 0 Å². The fraction of sp³-hybridized carbons (Fsp3) is 0.417. The zero-order chi connectivity index (χ0) is 48.9. The first-order valence-electron chi connectivity index (χ1n) is 22.0. The van der Waals surface area contributed by atoms with Crippen molar-refractivity contribution in [3.63, 3.8) is 0 Å². The normalized spacial score (nSPS) is 15.6. The molecule has 2 saturated carbocycles. The highest BCUT2D eigenvalue weighted by atomic mass is 32.2. The number of rotatable bonds is 20. The molecule has 8 rings (SSSR count). The molecule has 0 saturated heterocycles. The SMILES string of the molecule is COc1cccc(-c2nnc(CS(=O)(=O)[C@@H](C)[C@H](O)C3CC3)n2-c2c(OC)cccc2OC)c1.COc1cccc(-c2nnc(CS(=O)(=O)[C@H](C)[C@@H](O)C3CC3)n2-c2c(OC)cccc2OC)c1. The first kappa shape index (κ1) is 49.7. The van der Waals surface area contributed by atoms with Crippen molar-refractivity contribution in [2.45, 2.75) is 73.7 Å².